The lowest BCUT2D eigenvalue weighted by atomic mass is 10.1. The molecule has 0 saturated heterocycles. The first kappa shape index (κ1) is 15.4. The van der Waals surface area contributed by atoms with Crippen LogP contribution in [0, 0.1) is 5.92 Å². The molecule has 0 bridgehead atoms. The number of benzene rings is 1. The van der Waals surface area contributed by atoms with Gasteiger partial charge in [0.15, 0.2) is 0 Å². The number of aromatic nitrogens is 1. The smallest absolute Gasteiger partial charge is 0.258 e. The van der Waals surface area contributed by atoms with Crippen LogP contribution in [0.3, 0.4) is 0 Å². The van der Waals surface area contributed by atoms with Gasteiger partial charge in [0, 0.05) is 17.5 Å². The van der Waals surface area contributed by atoms with Gasteiger partial charge < -0.3 is 14.4 Å². The van der Waals surface area contributed by atoms with E-state index in [1.54, 1.807) is 25.2 Å². The molecule has 1 heterocycles. The van der Waals surface area contributed by atoms with E-state index >= 15 is 0 Å². The summed E-state index contributed by atoms with van der Waals surface area (Å²) >= 11 is 6.08. The molecule has 0 amide bonds. The first-order chi connectivity index (χ1) is 10.6. The van der Waals surface area contributed by atoms with E-state index in [1.807, 2.05) is 0 Å². The zero-order chi connectivity index (χ0) is 15.7. The standard InChI is InChI=1S/C17H20ClNO3/c1-19-15(9-20)16(22-10-11-4-2-3-5-11)14-8-12(18)6-7-13(14)17(19)21/h6-8,11,20H,2-5,9-10H2,1H3. The second kappa shape index (κ2) is 6.31. The van der Waals surface area contributed by atoms with Crippen molar-refractivity contribution < 1.29 is 9.84 Å². The lowest BCUT2D eigenvalue weighted by Gasteiger charge is -2.18. The van der Waals surface area contributed by atoms with Crippen molar-refractivity contribution in [1.29, 1.82) is 0 Å². The molecule has 1 aromatic carbocycles. The van der Waals surface area contributed by atoms with Gasteiger partial charge in [-0.1, -0.05) is 24.4 Å². The Labute approximate surface area is 134 Å². The Kier molecular flexibility index (Phi) is 4.41. The second-order valence-corrected chi connectivity index (χ2v) is 6.39. The van der Waals surface area contributed by atoms with Gasteiger partial charge in [-0.2, -0.15) is 0 Å². The highest BCUT2D eigenvalue weighted by molar-refractivity contribution is 6.31. The Bertz CT molecular complexity index is 748. The topological polar surface area (TPSA) is 51.5 Å². The van der Waals surface area contributed by atoms with Crippen LogP contribution in [0.5, 0.6) is 5.75 Å². The summed E-state index contributed by atoms with van der Waals surface area (Å²) in [6.45, 7) is 0.376. The third-order valence-electron chi connectivity index (χ3n) is 4.52. The number of ether oxygens (including phenoxy) is 1. The summed E-state index contributed by atoms with van der Waals surface area (Å²) in [4.78, 5) is 12.4. The van der Waals surface area contributed by atoms with Crippen LogP contribution in [0.4, 0.5) is 0 Å². The summed E-state index contributed by atoms with van der Waals surface area (Å²) in [6, 6.07) is 5.15. The molecular weight excluding hydrogens is 302 g/mol. The molecule has 3 rings (SSSR count). The van der Waals surface area contributed by atoms with Crippen molar-refractivity contribution >= 4 is 22.4 Å². The molecule has 0 atom stereocenters. The van der Waals surface area contributed by atoms with E-state index in [-0.39, 0.29) is 12.2 Å². The fourth-order valence-electron chi connectivity index (χ4n) is 3.22. The van der Waals surface area contributed by atoms with Crippen LogP contribution in [0.15, 0.2) is 23.0 Å². The van der Waals surface area contributed by atoms with Crippen LogP contribution >= 0.6 is 11.6 Å². The maximum absolute atomic E-state index is 12.4. The summed E-state index contributed by atoms with van der Waals surface area (Å²) in [5.74, 6) is 1.13. The lowest BCUT2D eigenvalue weighted by Crippen LogP contribution is -2.23. The molecular formula is C17H20ClNO3. The molecule has 0 aliphatic heterocycles. The molecule has 1 aromatic heterocycles. The van der Waals surface area contributed by atoms with Gasteiger partial charge in [-0.25, -0.2) is 0 Å². The van der Waals surface area contributed by atoms with Crippen LogP contribution in [-0.4, -0.2) is 16.3 Å². The predicted octanol–water partition coefficient (Wildman–Crippen LogP) is 3.25. The number of hydrogen-bond donors (Lipinski definition) is 1. The van der Waals surface area contributed by atoms with Crippen LogP contribution in [0.2, 0.25) is 5.02 Å². The van der Waals surface area contributed by atoms with E-state index in [2.05, 4.69) is 0 Å². The van der Waals surface area contributed by atoms with Gasteiger partial charge in [0.2, 0.25) is 0 Å². The third-order valence-corrected chi connectivity index (χ3v) is 4.75. The van der Waals surface area contributed by atoms with Crippen molar-refractivity contribution in [1.82, 2.24) is 4.57 Å². The first-order valence-corrected chi connectivity index (χ1v) is 8.04. The molecule has 0 radical (unpaired) electrons. The van der Waals surface area contributed by atoms with Gasteiger partial charge >= 0.3 is 0 Å². The lowest BCUT2D eigenvalue weighted by molar-refractivity contribution is 0.229. The molecule has 1 N–H and O–H groups in total. The van der Waals surface area contributed by atoms with Gasteiger partial charge in [0.05, 0.1) is 24.3 Å². The fraction of sp³-hybridized carbons (Fsp3) is 0.471. The summed E-state index contributed by atoms with van der Waals surface area (Å²) < 4.78 is 7.50. The number of rotatable bonds is 4. The monoisotopic (exact) mass is 321 g/mol. The van der Waals surface area contributed by atoms with Crippen molar-refractivity contribution in [2.75, 3.05) is 6.61 Å². The van der Waals surface area contributed by atoms with Crippen LogP contribution in [-0.2, 0) is 13.7 Å². The van der Waals surface area contributed by atoms with Crippen LogP contribution < -0.4 is 10.3 Å². The average Bonchev–Trinajstić information content (AvgIpc) is 3.02. The zero-order valence-corrected chi connectivity index (χ0v) is 13.4. The SMILES string of the molecule is Cn1c(CO)c(OCC2CCCC2)c2cc(Cl)ccc2c1=O. The summed E-state index contributed by atoms with van der Waals surface area (Å²) in [5.41, 5.74) is 0.349. The second-order valence-electron chi connectivity index (χ2n) is 5.95. The minimum Gasteiger partial charge on any atom is -0.491 e. The highest BCUT2D eigenvalue weighted by Crippen LogP contribution is 2.32. The largest absolute Gasteiger partial charge is 0.491 e. The van der Waals surface area contributed by atoms with Crippen LogP contribution in [0.1, 0.15) is 31.4 Å². The molecule has 1 saturated carbocycles. The summed E-state index contributed by atoms with van der Waals surface area (Å²) in [7, 11) is 1.66. The number of aliphatic hydroxyl groups is 1. The van der Waals surface area contributed by atoms with Crippen molar-refractivity contribution in [2.45, 2.75) is 32.3 Å². The van der Waals surface area contributed by atoms with Gasteiger partial charge in [-0.15, -0.1) is 0 Å². The van der Waals surface area contributed by atoms with Gasteiger partial charge in [0.25, 0.3) is 5.56 Å². The molecule has 4 nitrogen and oxygen atoms in total. The molecule has 1 aliphatic carbocycles. The van der Waals surface area contributed by atoms with Crippen molar-refractivity contribution in [3.8, 4) is 5.75 Å². The number of fused-ring (bicyclic) bond motifs is 1. The minimum atomic E-state index is -0.242. The molecule has 1 fully saturated rings. The van der Waals surface area contributed by atoms with Crippen molar-refractivity contribution in [3.63, 3.8) is 0 Å². The van der Waals surface area contributed by atoms with Crippen molar-refractivity contribution in [3.05, 3.63) is 39.3 Å². The highest BCUT2D eigenvalue weighted by Gasteiger charge is 2.20. The number of pyridine rings is 1. The van der Waals surface area contributed by atoms with E-state index in [1.165, 1.54) is 30.3 Å². The Balaban J connectivity index is 2.10. The Morgan fingerprint density at radius 3 is 2.73 bits per heavy atom. The normalized spacial score (nSPS) is 15.6. The quantitative estimate of drug-likeness (QED) is 0.940. The molecule has 5 heteroatoms. The zero-order valence-electron chi connectivity index (χ0n) is 12.6. The first-order valence-electron chi connectivity index (χ1n) is 7.66. The van der Waals surface area contributed by atoms with Crippen LogP contribution in [0.25, 0.3) is 10.8 Å². The van der Waals surface area contributed by atoms with E-state index < -0.39 is 0 Å². The average molecular weight is 322 g/mol. The maximum atomic E-state index is 12.4. The summed E-state index contributed by atoms with van der Waals surface area (Å²) in [6.07, 6.45) is 4.86. The van der Waals surface area contributed by atoms with Gasteiger partial charge in [0.1, 0.15) is 5.75 Å². The highest BCUT2D eigenvalue weighted by atomic mass is 35.5. The van der Waals surface area contributed by atoms with E-state index in [9.17, 15) is 9.90 Å². The van der Waals surface area contributed by atoms with E-state index in [0.29, 0.717) is 39.8 Å². The summed E-state index contributed by atoms with van der Waals surface area (Å²) in [5, 5.41) is 11.5. The molecule has 118 valence electrons. The Morgan fingerprint density at radius 1 is 1.32 bits per heavy atom. The molecule has 2 aromatic rings. The van der Waals surface area contributed by atoms with E-state index in [0.717, 1.165) is 0 Å². The number of aliphatic hydroxyl groups excluding tert-OH is 1. The fourth-order valence-corrected chi connectivity index (χ4v) is 3.39. The number of nitrogens with zero attached hydrogens (tertiary/aromatic N) is 1. The molecule has 0 unspecified atom stereocenters. The van der Waals surface area contributed by atoms with Gasteiger partial charge in [-0.05, 0) is 37.0 Å². The van der Waals surface area contributed by atoms with Crippen molar-refractivity contribution in [2.24, 2.45) is 13.0 Å². The molecule has 22 heavy (non-hydrogen) atoms. The number of hydrogen-bond acceptors (Lipinski definition) is 3. The van der Waals surface area contributed by atoms with E-state index in [4.69, 9.17) is 16.3 Å². The Morgan fingerprint density at radius 2 is 2.05 bits per heavy atom. The predicted molar refractivity (Wildman–Crippen MR) is 87.6 cm³/mol. The molecule has 0 spiro atoms. The van der Waals surface area contributed by atoms with Gasteiger partial charge in [-0.3, -0.25) is 4.79 Å². The molecule has 1 aliphatic rings. The number of halogens is 1. The minimum absolute atomic E-state index is 0.149. The third kappa shape index (κ3) is 2.73. The maximum Gasteiger partial charge on any atom is 0.258 e. The Hall–Kier alpha value is -1.52.